The number of hydrogen-bond donors (Lipinski definition) is 0. The third kappa shape index (κ3) is 4.85. The summed E-state index contributed by atoms with van der Waals surface area (Å²) in [6, 6.07) is 8.04. The van der Waals surface area contributed by atoms with Crippen LogP contribution in [0.3, 0.4) is 0 Å². The Morgan fingerprint density at radius 1 is 1.05 bits per heavy atom. The number of hydrogen-bond acceptors (Lipinski definition) is 4. The van der Waals surface area contributed by atoms with Crippen molar-refractivity contribution in [2.24, 2.45) is 0 Å². The van der Waals surface area contributed by atoms with Crippen LogP contribution in [-0.2, 0) is 9.47 Å². The standard InChI is InChI=1S/C16H25ClN2O2/c1-3-20-16(21-4-2)13-18-9-11-19(12-10-18)15-8-6-5-7-14(15)17/h5-8,16H,3-4,9-13H2,1-2H3. The summed E-state index contributed by atoms with van der Waals surface area (Å²) in [5, 5.41) is 0.826. The summed E-state index contributed by atoms with van der Waals surface area (Å²) in [7, 11) is 0. The number of piperazine rings is 1. The highest BCUT2D eigenvalue weighted by molar-refractivity contribution is 6.33. The van der Waals surface area contributed by atoms with Gasteiger partial charge in [0.2, 0.25) is 0 Å². The molecule has 1 aromatic carbocycles. The second kappa shape index (κ2) is 8.59. The van der Waals surface area contributed by atoms with Gasteiger partial charge in [0.1, 0.15) is 0 Å². The van der Waals surface area contributed by atoms with Crippen molar-refractivity contribution >= 4 is 17.3 Å². The maximum Gasteiger partial charge on any atom is 0.170 e. The molecule has 1 aliphatic heterocycles. The van der Waals surface area contributed by atoms with Gasteiger partial charge in [-0.1, -0.05) is 23.7 Å². The molecule has 0 aromatic heterocycles. The number of anilines is 1. The van der Waals surface area contributed by atoms with Gasteiger partial charge >= 0.3 is 0 Å². The molecule has 118 valence electrons. The van der Waals surface area contributed by atoms with Gasteiger partial charge in [-0.05, 0) is 26.0 Å². The topological polar surface area (TPSA) is 24.9 Å². The lowest BCUT2D eigenvalue weighted by Crippen LogP contribution is -2.49. The summed E-state index contributed by atoms with van der Waals surface area (Å²) in [5.41, 5.74) is 1.13. The van der Waals surface area contributed by atoms with E-state index in [1.807, 2.05) is 32.0 Å². The van der Waals surface area contributed by atoms with Crippen molar-refractivity contribution in [1.82, 2.24) is 4.90 Å². The Morgan fingerprint density at radius 3 is 2.24 bits per heavy atom. The van der Waals surface area contributed by atoms with E-state index < -0.39 is 0 Å². The number of benzene rings is 1. The number of nitrogens with zero attached hydrogens (tertiary/aromatic N) is 2. The maximum absolute atomic E-state index is 6.27. The van der Waals surface area contributed by atoms with Gasteiger partial charge in [-0.15, -0.1) is 0 Å². The molecule has 0 amide bonds. The van der Waals surface area contributed by atoms with Gasteiger partial charge in [0, 0.05) is 45.9 Å². The summed E-state index contributed by atoms with van der Waals surface area (Å²) in [6.07, 6.45) is -0.119. The molecule has 4 nitrogen and oxygen atoms in total. The number of para-hydroxylation sites is 1. The van der Waals surface area contributed by atoms with Crippen molar-refractivity contribution in [3.63, 3.8) is 0 Å². The molecule has 5 heteroatoms. The molecule has 1 heterocycles. The van der Waals surface area contributed by atoms with Crippen molar-refractivity contribution in [2.45, 2.75) is 20.1 Å². The molecular formula is C16H25ClN2O2. The number of ether oxygens (including phenoxy) is 2. The molecule has 0 N–H and O–H groups in total. The Hall–Kier alpha value is -0.810. The Bertz CT molecular complexity index is 416. The molecule has 0 spiro atoms. The number of halogens is 1. The second-order valence-corrected chi connectivity index (χ2v) is 5.49. The molecular weight excluding hydrogens is 288 g/mol. The van der Waals surface area contributed by atoms with Crippen LogP contribution in [0.5, 0.6) is 0 Å². The summed E-state index contributed by atoms with van der Waals surface area (Å²) >= 11 is 6.27. The van der Waals surface area contributed by atoms with Crippen molar-refractivity contribution in [3.8, 4) is 0 Å². The van der Waals surface area contributed by atoms with Crippen molar-refractivity contribution in [2.75, 3.05) is 50.8 Å². The smallest absolute Gasteiger partial charge is 0.170 e. The van der Waals surface area contributed by atoms with Crippen LogP contribution in [0.4, 0.5) is 5.69 Å². The van der Waals surface area contributed by atoms with E-state index in [0.29, 0.717) is 13.2 Å². The average Bonchev–Trinajstić information content (AvgIpc) is 2.49. The molecule has 1 saturated heterocycles. The summed E-state index contributed by atoms with van der Waals surface area (Å²) in [4.78, 5) is 4.73. The summed E-state index contributed by atoms with van der Waals surface area (Å²) in [5.74, 6) is 0. The highest BCUT2D eigenvalue weighted by Crippen LogP contribution is 2.26. The molecule has 0 atom stereocenters. The summed E-state index contributed by atoms with van der Waals surface area (Å²) < 4.78 is 11.2. The lowest BCUT2D eigenvalue weighted by Gasteiger charge is -2.37. The van der Waals surface area contributed by atoms with Crippen LogP contribution in [0.25, 0.3) is 0 Å². The van der Waals surface area contributed by atoms with Crippen LogP contribution < -0.4 is 4.90 Å². The van der Waals surface area contributed by atoms with Crippen LogP contribution in [0.1, 0.15) is 13.8 Å². The van der Waals surface area contributed by atoms with Crippen molar-refractivity contribution in [1.29, 1.82) is 0 Å². The minimum Gasteiger partial charge on any atom is -0.368 e. The molecule has 0 saturated carbocycles. The molecule has 21 heavy (non-hydrogen) atoms. The molecule has 1 aliphatic rings. The minimum atomic E-state index is -0.119. The zero-order chi connectivity index (χ0) is 15.1. The van der Waals surface area contributed by atoms with E-state index in [4.69, 9.17) is 21.1 Å². The average molecular weight is 313 g/mol. The van der Waals surface area contributed by atoms with E-state index in [9.17, 15) is 0 Å². The summed E-state index contributed by atoms with van der Waals surface area (Å²) in [6.45, 7) is 10.2. The van der Waals surface area contributed by atoms with E-state index >= 15 is 0 Å². The first kappa shape index (κ1) is 16.6. The fourth-order valence-electron chi connectivity index (χ4n) is 2.62. The third-order valence-corrected chi connectivity index (χ3v) is 4.00. The maximum atomic E-state index is 6.27. The van der Waals surface area contributed by atoms with Gasteiger partial charge in [-0.2, -0.15) is 0 Å². The van der Waals surface area contributed by atoms with E-state index in [1.54, 1.807) is 0 Å². The zero-order valence-electron chi connectivity index (χ0n) is 12.9. The SMILES string of the molecule is CCOC(CN1CCN(c2ccccc2Cl)CC1)OCC. The fourth-order valence-corrected chi connectivity index (χ4v) is 2.87. The quantitative estimate of drug-likeness (QED) is 0.723. The molecule has 0 unspecified atom stereocenters. The van der Waals surface area contributed by atoms with Crippen LogP contribution >= 0.6 is 11.6 Å². The Balaban J connectivity index is 1.84. The Labute approximate surface area is 132 Å². The van der Waals surface area contributed by atoms with Gasteiger partial charge in [0.25, 0.3) is 0 Å². The van der Waals surface area contributed by atoms with E-state index in [0.717, 1.165) is 43.4 Å². The van der Waals surface area contributed by atoms with Gasteiger partial charge in [0.05, 0.1) is 10.7 Å². The number of rotatable bonds is 7. The van der Waals surface area contributed by atoms with E-state index in [-0.39, 0.29) is 6.29 Å². The molecule has 1 fully saturated rings. The first-order valence-corrected chi connectivity index (χ1v) is 8.07. The highest BCUT2D eigenvalue weighted by Gasteiger charge is 2.21. The van der Waals surface area contributed by atoms with Gasteiger partial charge in [-0.3, -0.25) is 4.90 Å². The van der Waals surface area contributed by atoms with Crippen LogP contribution in [0.2, 0.25) is 5.02 Å². The van der Waals surface area contributed by atoms with E-state index in [2.05, 4.69) is 15.9 Å². The molecule has 2 rings (SSSR count). The Kier molecular flexibility index (Phi) is 6.77. The van der Waals surface area contributed by atoms with Gasteiger partial charge in [0.15, 0.2) is 6.29 Å². The molecule has 0 bridgehead atoms. The van der Waals surface area contributed by atoms with Crippen molar-refractivity contribution < 1.29 is 9.47 Å². The second-order valence-electron chi connectivity index (χ2n) is 5.08. The predicted molar refractivity (Wildman–Crippen MR) is 87.1 cm³/mol. The third-order valence-electron chi connectivity index (χ3n) is 3.68. The normalized spacial score (nSPS) is 16.7. The zero-order valence-corrected chi connectivity index (χ0v) is 13.7. The predicted octanol–water partition coefficient (Wildman–Crippen LogP) is 2.86. The van der Waals surface area contributed by atoms with Crippen LogP contribution in [0, 0.1) is 0 Å². The fraction of sp³-hybridized carbons (Fsp3) is 0.625. The van der Waals surface area contributed by atoms with Crippen LogP contribution in [0.15, 0.2) is 24.3 Å². The molecule has 0 radical (unpaired) electrons. The Morgan fingerprint density at radius 2 is 1.67 bits per heavy atom. The minimum absolute atomic E-state index is 0.119. The van der Waals surface area contributed by atoms with Gasteiger partial charge < -0.3 is 14.4 Å². The molecule has 0 aliphatic carbocycles. The first-order chi connectivity index (χ1) is 10.2. The lowest BCUT2D eigenvalue weighted by atomic mass is 10.2. The highest BCUT2D eigenvalue weighted by atomic mass is 35.5. The first-order valence-electron chi connectivity index (χ1n) is 7.69. The largest absolute Gasteiger partial charge is 0.368 e. The van der Waals surface area contributed by atoms with Gasteiger partial charge in [-0.25, -0.2) is 0 Å². The molecule has 1 aromatic rings. The van der Waals surface area contributed by atoms with Crippen molar-refractivity contribution in [3.05, 3.63) is 29.3 Å². The lowest BCUT2D eigenvalue weighted by molar-refractivity contribution is -0.147. The van der Waals surface area contributed by atoms with E-state index in [1.165, 1.54) is 0 Å². The van der Waals surface area contributed by atoms with Crippen LogP contribution in [-0.4, -0.2) is 57.1 Å². The monoisotopic (exact) mass is 312 g/mol.